The molecule has 0 aromatic heterocycles. The molecule has 0 aliphatic rings. The minimum atomic E-state index is -0.828. The van der Waals surface area contributed by atoms with E-state index in [1.807, 2.05) is 99.0 Å². The first kappa shape index (κ1) is 22.0. The molecule has 3 aromatic carbocycles. The Morgan fingerprint density at radius 3 is 1.83 bits per heavy atom. The Morgan fingerprint density at radius 1 is 0.833 bits per heavy atom. The lowest BCUT2D eigenvalue weighted by molar-refractivity contribution is 0.0828. The highest BCUT2D eigenvalue weighted by atomic mass is 16.5. The quantitative estimate of drug-likeness (QED) is 0.535. The van der Waals surface area contributed by atoms with Crippen LogP contribution in [0.4, 0.5) is 0 Å². The van der Waals surface area contributed by atoms with Crippen molar-refractivity contribution in [2.75, 3.05) is 33.9 Å². The Balaban J connectivity index is 1.97. The average Bonchev–Trinajstić information content (AvgIpc) is 2.78. The van der Waals surface area contributed by atoms with Gasteiger partial charge in [0.15, 0.2) is 0 Å². The number of benzene rings is 3. The molecule has 0 radical (unpaired) electrons. The van der Waals surface area contributed by atoms with E-state index in [0.29, 0.717) is 13.0 Å². The van der Waals surface area contributed by atoms with E-state index in [1.54, 1.807) is 0 Å². The van der Waals surface area contributed by atoms with Crippen LogP contribution in [0.25, 0.3) is 0 Å². The number of likely N-dealkylation sites (N-methyl/N-ethyl adjacent to an activating group) is 1. The summed E-state index contributed by atoms with van der Waals surface area (Å²) in [5.41, 5.74) is 1.98. The molecule has 0 heterocycles. The normalized spacial score (nSPS) is 12.7. The molecule has 0 bridgehead atoms. The van der Waals surface area contributed by atoms with Crippen LogP contribution in [0, 0.1) is 0 Å². The second-order valence-corrected chi connectivity index (χ2v) is 7.80. The van der Waals surface area contributed by atoms with Crippen molar-refractivity contribution in [3.05, 3.63) is 102 Å². The highest BCUT2D eigenvalue weighted by molar-refractivity contribution is 5.44. The summed E-state index contributed by atoms with van der Waals surface area (Å²) in [4.78, 5) is 2.07. The molecule has 0 aliphatic carbocycles. The highest BCUT2D eigenvalue weighted by Gasteiger charge is 2.41. The van der Waals surface area contributed by atoms with Gasteiger partial charge in [-0.05, 0) is 49.3 Å². The third-order valence-corrected chi connectivity index (χ3v) is 5.55. The summed E-state index contributed by atoms with van der Waals surface area (Å²) in [7, 11) is 4.02. The van der Waals surface area contributed by atoms with Gasteiger partial charge in [-0.3, -0.25) is 0 Å². The van der Waals surface area contributed by atoms with Gasteiger partial charge in [0.1, 0.15) is 12.4 Å². The molecule has 1 unspecified atom stereocenters. The highest BCUT2D eigenvalue weighted by Crippen LogP contribution is 2.46. The van der Waals surface area contributed by atoms with Gasteiger partial charge in [-0.2, -0.15) is 0 Å². The molecular weight excluding hydrogens is 374 g/mol. The zero-order valence-electron chi connectivity index (χ0n) is 17.7. The van der Waals surface area contributed by atoms with Crippen molar-refractivity contribution < 1.29 is 14.9 Å². The molecule has 0 fully saturated rings. The zero-order valence-corrected chi connectivity index (χ0v) is 17.7. The van der Waals surface area contributed by atoms with Crippen LogP contribution < -0.4 is 4.74 Å². The summed E-state index contributed by atoms with van der Waals surface area (Å²) >= 11 is 0. The number of hydrogen-bond acceptors (Lipinski definition) is 4. The van der Waals surface area contributed by atoms with Crippen LogP contribution in [0.3, 0.4) is 0 Å². The largest absolute Gasteiger partial charge is 0.492 e. The molecule has 2 N–H and O–H groups in total. The SMILES string of the molecule is CN(C)CCOc1ccc(C(O)C(CCO)(c2ccccc2)c2ccccc2)cc1. The Hall–Kier alpha value is -2.66. The van der Waals surface area contributed by atoms with Gasteiger partial charge >= 0.3 is 0 Å². The van der Waals surface area contributed by atoms with Crippen LogP contribution in [-0.4, -0.2) is 49.0 Å². The first-order chi connectivity index (χ1) is 14.6. The van der Waals surface area contributed by atoms with Crippen molar-refractivity contribution >= 4 is 0 Å². The lowest BCUT2D eigenvalue weighted by atomic mass is 9.66. The molecule has 0 spiro atoms. The molecule has 1 atom stereocenters. The second-order valence-electron chi connectivity index (χ2n) is 7.80. The van der Waals surface area contributed by atoms with Gasteiger partial charge in [0, 0.05) is 13.2 Å². The first-order valence-electron chi connectivity index (χ1n) is 10.4. The summed E-state index contributed by atoms with van der Waals surface area (Å²) in [5.74, 6) is 0.778. The molecule has 3 rings (SSSR count). The van der Waals surface area contributed by atoms with Crippen molar-refractivity contribution in [3.8, 4) is 5.75 Å². The van der Waals surface area contributed by atoms with Crippen molar-refractivity contribution in [1.29, 1.82) is 0 Å². The molecule has 0 amide bonds. The Bertz CT molecular complexity index is 840. The molecule has 0 saturated carbocycles. The average molecular weight is 406 g/mol. The third kappa shape index (κ3) is 4.90. The number of aliphatic hydroxyl groups is 2. The lowest BCUT2D eigenvalue weighted by Gasteiger charge is -2.39. The lowest BCUT2D eigenvalue weighted by Crippen LogP contribution is -2.36. The Labute approximate surface area is 179 Å². The molecule has 4 nitrogen and oxygen atoms in total. The number of ether oxygens (including phenoxy) is 1. The zero-order chi connectivity index (χ0) is 21.4. The fourth-order valence-electron chi connectivity index (χ4n) is 3.93. The predicted molar refractivity (Wildman–Crippen MR) is 121 cm³/mol. The van der Waals surface area contributed by atoms with E-state index in [4.69, 9.17) is 4.74 Å². The topological polar surface area (TPSA) is 52.9 Å². The van der Waals surface area contributed by atoms with Crippen LogP contribution in [0.2, 0.25) is 0 Å². The van der Waals surface area contributed by atoms with Crippen LogP contribution >= 0.6 is 0 Å². The Kier molecular flexibility index (Phi) is 7.63. The second kappa shape index (κ2) is 10.4. The van der Waals surface area contributed by atoms with E-state index in [1.165, 1.54) is 0 Å². The predicted octanol–water partition coefficient (Wildman–Crippen LogP) is 4.03. The summed E-state index contributed by atoms with van der Waals surface area (Å²) in [5, 5.41) is 21.6. The molecule has 4 heteroatoms. The maximum atomic E-state index is 11.6. The maximum Gasteiger partial charge on any atom is 0.119 e. The first-order valence-corrected chi connectivity index (χ1v) is 10.4. The fourth-order valence-corrected chi connectivity index (χ4v) is 3.93. The summed E-state index contributed by atoms with van der Waals surface area (Å²) in [6.45, 7) is 1.41. The fraction of sp³-hybridized carbons (Fsp3) is 0.308. The summed E-state index contributed by atoms with van der Waals surface area (Å²) < 4.78 is 5.79. The van der Waals surface area contributed by atoms with E-state index in [2.05, 4.69) is 4.90 Å². The maximum absolute atomic E-state index is 11.6. The van der Waals surface area contributed by atoms with Gasteiger partial charge < -0.3 is 19.8 Å². The third-order valence-electron chi connectivity index (χ3n) is 5.55. The van der Waals surface area contributed by atoms with Crippen molar-refractivity contribution in [1.82, 2.24) is 4.90 Å². The van der Waals surface area contributed by atoms with Crippen LogP contribution in [0.1, 0.15) is 29.2 Å². The Morgan fingerprint density at radius 2 is 1.37 bits per heavy atom. The van der Waals surface area contributed by atoms with Crippen LogP contribution in [-0.2, 0) is 5.41 Å². The summed E-state index contributed by atoms with van der Waals surface area (Å²) in [6.07, 6.45) is -0.422. The van der Waals surface area contributed by atoms with Crippen LogP contribution in [0.5, 0.6) is 5.75 Å². The minimum absolute atomic E-state index is 0.0351. The number of nitrogens with zero attached hydrogens (tertiary/aromatic N) is 1. The van der Waals surface area contributed by atoms with Gasteiger partial charge in [-0.15, -0.1) is 0 Å². The van der Waals surface area contributed by atoms with E-state index in [-0.39, 0.29) is 6.61 Å². The van der Waals surface area contributed by atoms with E-state index >= 15 is 0 Å². The molecule has 0 aliphatic heterocycles. The van der Waals surface area contributed by atoms with Gasteiger partial charge in [0.2, 0.25) is 0 Å². The van der Waals surface area contributed by atoms with Gasteiger partial charge in [-0.25, -0.2) is 0 Å². The standard InChI is InChI=1S/C26H31NO3/c1-27(2)18-20-30-24-15-13-21(14-16-24)25(29)26(17-19-28,22-9-5-3-6-10-22)23-11-7-4-8-12-23/h3-16,25,28-29H,17-20H2,1-2H3. The van der Waals surface area contributed by atoms with Gasteiger partial charge in [-0.1, -0.05) is 72.8 Å². The van der Waals surface area contributed by atoms with E-state index in [9.17, 15) is 10.2 Å². The molecule has 158 valence electrons. The number of aliphatic hydroxyl groups excluding tert-OH is 2. The number of rotatable bonds is 10. The molecule has 3 aromatic rings. The van der Waals surface area contributed by atoms with Crippen molar-refractivity contribution in [3.63, 3.8) is 0 Å². The monoisotopic (exact) mass is 405 g/mol. The smallest absolute Gasteiger partial charge is 0.119 e. The minimum Gasteiger partial charge on any atom is -0.492 e. The molecule has 30 heavy (non-hydrogen) atoms. The molecular formula is C26H31NO3. The van der Waals surface area contributed by atoms with E-state index < -0.39 is 11.5 Å². The van der Waals surface area contributed by atoms with E-state index in [0.717, 1.165) is 29.0 Å². The van der Waals surface area contributed by atoms with Gasteiger partial charge in [0.05, 0.1) is 11.5 Å². The number of hydrogen-bond donors (Lipinski definition) is 2. The van der Waals surface area contributed by atoms with Crippen molar-refractivity contribution in [2.24, 2.45) is 0 Å². The van der Waals surface area contributed by atoms with Gasteiger partial charge in [0.25, 0.3) is 0 Å². The van der Waals surface area contributed by atoms with Crippen molar-refractivity contribution in [2.45, 2.75) is 17.9 Å². The molecule has 0 saturated heterocycles. The van der Waals surface area contributed by atoms with Crippen LogP contribution in [0.15, 0.2) is 84.9 Å². The summed E-state index contributed by atoms with van der Waals surface area (Å²) in [6, 6.07) is 27.5.